The molecular weight excluding hydrogens is 313 g/mol. The fraction of sp³-hybridized carbons (Fsp3) is 0.500. The summed E-state index contributed by atoms with van der Waals surface area (Å²) < 4.78 is 5.21. The second kappa shape index (κ2) is 8.44. The number of benzene rings is 1. The molecule has 2 N–H and O–H groups in total. The molecule has 1 aromatic rings. The van der Waals surface area contributed by atoms with E-state index in [1.165, 1.54) is 0 Å². The summed E-state index contributed by atoms with van der Waals surface area (Å²) in [6, 6.07) is 5.64. The van der Waals surface area contributed by atoms with Gasteiger partial charge >= 0.3 is 0 Å². The first-order valence-electron chi connectivity index (χ1n) is 6.65. The zero-order chi connectivity index (χ0) is 14.5. The van der Waals surface area contributed by atoms with Crippen molar-refractivity contribution >= 4 is 35.6 Å². The molecule has 1 aromatic carbocycles. The van der Waals surface area contributed by atoms with Crippen LogP contribution in [0.2, 0.25) is 5.02 Å². The lowest BCUT2D eigenvalue weighted by molar-refractivity contribution is -0.117. The normalized spacial score (nSPS) is 18.1. The lowest BCUT2D eigenvalue weighted by Crippen LogP contribution is -2.34. The summed E-state index contributed by atoms with van der Waals surface area (Å²) in [6.45, 7) is 2.22. The van der Waals surface area contributed by atoms with Gasteiger partial charge in [-0.3, -0.25) is 9.69 Å². The van der Waals surface area contributed by atoms with E-state index in [9.17, 15) is 4.79 Å². The molecule has 1 aliphatic heterocycles. The third kappa shape index (κ3) is 5.04. The summed E-state index contributed by atoms with van der Waals surface area (Å²) in [5.74, 6) is 0.555. The zero-order valence-electron chi connectivity index (χ0n) is 12.2. The lowest BCUT2D eigenvalue weighted by Gasteiger charge is -2.16. The smallest absolute Gasteiger partial charge is 0.238 e. The molecule has 118 valence electrons. The number of carbonyl (C=O) groups excluding carboxylic acids is 1. The number of hydrogen-bond acceptors (Lipinski definition) is 4. The maximum Gasteiger partial charge on any atom is 0.238 e. The number of nitrogens with one attached hydrogen (secondary N) is 2. The summed E-state index contributed by atoms with van der Waals surface area (Å²) in [5, 5.41) is 6.65. The van der Waals surface area contributed by atoms with Crippen LogP contribution < -0.4 is 15.4 Å². The number of anilines is 1. The van der Waals surface area contributed by atoms with Gasteiger partial charge in [0, 0.05) is 24.2 Å². The molecule has 1 saturated heterocycles. The second-order valence-electron chi connectivity index (χ2n) is 4.90. The summed E-state index contributed by atoms with van der Waals surface area (Å²) in [7, 11) is 3.52. The van der Waals surface area contributed by atoms with Crippen LogP contribution in [0.15, 0.2) is 18.2 Å². The van der Waals surface area contributed by atoms with Crippen LogP contribution in [0.4, 0.5) is 5.69 Å². The number of halogens is 2. The highest BCUT2D eigenvalue weighted by Gasteiger charge is 2.22. The molecule has 0 spiro atoms. The summed E-state index contributed by atoms with van der Waals surface area (Å²) in [5.41, 5.74) is 0.606. The number of amides is 1. The van der Waals surface area contributed by atoms with Crippen LogP contribution in [0.5, 0.6) is 5.75 Å². The van der Waals surface area contributed by atoms with Crippen LogP contribution in [0, 0.1) is 0 Å². The SMILES string of the molecule is CNC1CCN(CC(=O)Nc2cc(Cl)ccc2OC)C1.Cl. The Bertz CT molecular complexity index is 485. The van der Waals surface area contributed by atoms with E-state index in [0.717, 1.165) is 19.5 Å². The Morgan fingerprint density at radius 1 is 1.52 bits per heavy atom. The number of hydrogen-bond donors (Lipinski definition) is 2. The molecule has 0 radical (unpaired) electrons. The zero-order valence-corrected chi connectivity index (χ0v) is 13.8. The van der Waals surface area contributed by atoms with E-state index in [0.29, 0.717) is 29.0 Å². The summed E-state index contributed by atoms with van der Waals surface area (Å²) in [6.07, 6.45) is 1.07. The van der Waals surface area contributed by atoms with E-state index in [1.807, 2.05) is 7.05 Å². The van der Waals surface area contributed by atoms with Crippen LogP contribution in [-0.2, 0) is 4.79 Å². The predicted molar refractivity (Wildman–Crippen MR) is 87.8 cm³/mol. The molecule has 0 aromatic heterocycles. The van der Waals surface area contributed by atoms with Gasteiger partial charge in [0.2, 0.25) is 5.91 Å². The van der Waals surface area contributed by atoms with Gasteiger partial charge in [-0.2, -0.15) is 0 Å². The van der Waals surface area contributed by atoms with Crippen molar-refractivity contribution in [2.24, 2.45) is 0 Å². The summed E-state index contributed by atoms with van der Waals surface area (Å²) >= 11 is 5.94. The van der Waals surface area contributed by atoms with Gasteiger partial charge in [0.25, 0.3) is 0 Å². The van der Waals surface area contributed by atoms with Gasteiger partial charge in [-0.15, -0.1) is 12.4 Å². The molecule has 1 aliphatic rings. The minimum atomic E-state index is -0.0534. The van der Waals surface area contributed by atoms with Crippen molar-refractivity contribution < 1.29 is 9.53 Å². The van der Waals surface area contributed by atoms with Gasteiger partial charge in [0.15, 0.2) is 0 Å². The van der Waals surface area contributed by atoms with E-state index in [4.69, 9.17) is 16.3 Å². The molecule has 1 amide bonds. The number of rotatable bonds is 5. The van der Waals surface area contributed by atoms with Crippen molar-refractivity contribution in [3.63, 3.8) is 0 Å². The first kappa shape index (κ1) is 18.0. The molecule has 2 rings (SSSR count). The van der Waals surface area contributed by atoms with Crippen molar-refractivity contribution in [2.75, 3.05) is 39.1 Å². The molecule has 1 fully saturated rings. The third-order valence-electron chi connectivity index (χ3n) is 3.48. The van der Waals surface area contributed by atoms with Crippen molar-refractivity contribution in [1.29, 1.82) is 0 Å². The Labute approximate surface area is 136 Å². The Balaban J connectivity index is 0.00000220. The van der Waals surface area contributed by atoms with Crippen molar-refractivity contribution in [3.8, 4) is 5.75 Å². The molecule has 0 saturated carbocycles. The molecule has 0 bridgehead atoms. The quantitative estimate of drug-likeness (QED) is 0.865. The molecule has 21 heavy (non-hydrogen) atoms. The largest absolute Gasteiger partial charge is 0.495 e. The van der Waals surface area contributed by atoms with E-state index in [2.05, 4.69) is 15.5 Å². The van der Waals surface area contributed by atoms with E-state index in [-0.39, 0.29) is 18.3 Å². The van der Waals surface area contributed by atoms with Crippen LogP contribution in [-0.4, -0.2) is 50.6 Å². The number of likely N-dealkylation sites (tertiary alicyclic amines) is 1. The van der Waals surface area contributed by atoms with Crippen molar-refractivity contribution in [1.82, 2.24) is 10.2 Å². The van der Waals surface area contributed by atoms with E-state index >= 15 is 0 Å². The molecule has 1 heterocycles. The van der Waals surface area contributed by atoms with E-state index < -0.39 is 0 Å². The Morgan fingerprint density at radius 3 is 2.90 bits per heavy atom. The maximum absolute atomic E-state index is 12.1. The average Bonchev–Trinajstić information content (AvgIpc) is 2.86. The topological polar surface area (TPSA) is 53.6 Å². The molecule has 5 nitrogen and oxygen atoms in total. The Kier molecular flexibility index (Phi) is 7.25. The standard InChI is InChI=1S/C14H20ClN3O2.ClH/c1-16-11-5-6-18(8-11)9-14(19)17-12-7-10(15)3-4-13(12)20-2;/h3-4,7,11,16H,5-6,8-9H2,1-2H3,(H,17,19);1H. The van der Waals surface area contributed by atoms with Crippen LogP contribution in [0.25, 0.3) is 0 Å². The highest BCUT2D eigenvalue weighted by Crippen LogP contribution is 2.27. The number of carbonyl (C=O) groups is 1. The lowest BCUT2D eigenvalue weighted by atomic mass is 10.3. The van der Waals surface area contributed by atoms with Crippen LogP contribution in [0.1, 0.15) is 6.42 Å². The van der Waals surface area contributed by atoms with Crippen LogP contribution in [0.3, 0.4) is 0 Å². The highest BCUT2D eigenvalue weighted by atomic mass is 35.5. The molecule has 1 unspecified atom stereocenters. The van der Waals surface area contributed by atoms with Crippen molar-refractivity contribution in [3.05, 3.63) is 23.2 Å². The minimum Gasteiger partial charge on any atom is -0.495 e. The highest BCUT2D eigenvalue weighted by molar-refractivity contribution is 6.31. The first-order chi connectivity index (χ1) is 9.62. The predicted octanol–water partition coefficient (Wildman–Crippen LogP) is 2.00. The second-order valence-corrected chi connectivity index (χ2v) is 5.34. The maximum atomic E-state index is 12.1. The Morgan fingerprint density at radius 2 is 2.29 bits per heavy atom. The van der Waals surface area contributed by atoms with Gasteiger partial charge in [-0.05, 0) is 31.7 Å². The number of methoxy groups -OCH3 is 1. The fourth-order valence-electron chi connectivity index (χ4n) is 2.38. The van der Waals surface area contributed by atoms with Gasteiger partial charge in [0.1, 0.15) is 5.75 Å². The Hall–Kier alpha value is -1.01. The monoisotopic (exact) mass is 333 g/mol. The van der Waals surface area contributed by atoms with Gasteiger partial charge in [-0.25, -0.2) is 0 Å². The van der Waals surface area contributed by atoms with Gasteiger partial charge < -0.3 is 15.4 Å². The average molecular weight is 334 g/mol. The minimum absolute atomic E-state index is 0. The molecule has 7 heteroatoms. The fourth-order valence-corrected chi connectivity index (χ4v) is 2.55. The molecule has 0 aliphatic carbocycles. The number of nitrogens with zero attached hydrogens (tertiary/aromatic N) is 1. The van der Waals surface area contributed by atoms with Gasteiger partial charge in [0.05, 0.1) is 19.3 Å². The molecule has 1 atom stereocenters. The van der Waals surface area contributed by atoms with Gasteiger partial charge in [-0.1, -0.05) is 11.6 Å². The number of likely N-dealkylation sites (N-methyl/N-ethyl adjacent to an activating group) is 1. The molecular formula is C14H21Cl2N3O2. The van der Waals surface area contributed by atoms with Crippen molar-refractivity contribution in [2.45, 2.75) is 12.5 Å². The first-order valence-corrected chi connectivity index (χ1v) is 7.03. The number of ether oxygens (including phenoxy) is 1. The van der Waals surface area contributed by atoms with Crippen LogP contribution >= 0.6 is 24.0 Å². The third-order valence-corrected chi connectivity index (χ3v) is 3.72. The van der Waals surface area contributed by atoms with E-state index in [1.54, 1.807) is 25.3 Å². The summed E-state index contributed by atoms with van der Waals surface area (Å²) in [4.78, 5) is 14.2.